The number of hydrogen-bond donors (Lipinski definition) is 1. The molecule has 4 heteroatoms. The molecular formula is C12H13BrN2S. The van der Waals surface area contributed by atoms with Crippen molar-refractivity contribution in [3.05, 3.63) is 45.4 Å². The van der Waals surface area contributed by atoms with E-state index in [-0.39, 0.29) is 0 Å². The molecule has 0 aliphatic carbocycles. The van der Waals surface area contributed by atoms with Crippen LogP contribution in [0, 0.1) is 0 Å². The van der Waals surface area contributed by atoms with Crippen LogP contribution < -0.4 is 5.32 Å². The van der Waals surface area contributed by atoms with Crippen molar-refractivity contribution >= 4 is 32.4 Å². The summed E-state index contributed by atoms with van der Waals surface area (Å²) in [5.41, 5.74) is 1.25. The maximum atomic E-state index is 4.32. The lowest BCUT2D eigenvalue weighted by molar-refractivity contribution is 1.12. The summed E-state index contributed by atoms with van der Waals surface area (Å²) in [7, 11) is 0. The van der Waals surface area contributed by atoms with E-state index in [2.05, 4.69) is 45.3 Å². The summed E-state index contributed by atoms with van der Waals surface area (Å²) in [5.74, 6) is 0. The van der Waals surface area contributed by atoms with Crippen molar-refractivity contribution in [2.75, 3.05) is 5.32 Å². The van der Waals surface area contributed by atoms with Gasteiger partial charge in [0.15, 0.2) is 5.13 Å². The molecule has 0 unspecified atom stereocenters. The first-order valence-electron chi connectivity index (χ1n) is 5.21. The summed E-state index contributed by atoms with van der Waals surface area (Å²) in [4.78, 5) is 5.64. The number of rotatable bonds is 4. The Morgan fingerprint density at radius 3 is 3.00 bits per heavy atom. The molecule has 0 atom stereocenters. The van der Waals surface area contributed by atoms with E-state index >= 15 is 0 Å². The van der Waals surface area contributed by atoms with Gasteiger partial charge in [-0.1, -0.05) is 35.0 Å². The van der Waals surface area contributed by atoms with Gasteiger partial charge in [-0.3, -0.25) is 0 Å². The first kappa shape index (κ1) is 11.6. The van der Waals surface area contributed by atoms with Crippen LogP contribution >= 0.6 is 27.3 Å². The van der Waals surface area contributed by atoms with Gasteiger partial charge in [-0.25, -0.2) is 4.98 Å². The Bertz CT molecular complexity index is 468. The van der Waals surface area contributed by atoms with E-state index in [1.54, 1.807) is 11.3 Å². The third-order valence-corrected chi connectivity index (χ3v) is 3.83. The number of thiazole rings is 1. The van der Waals surface area contributed by atoms with Gasteiger partial charge in [0, 0.05) is 22.1 Å². The molecule has 0 bridgehead atoms. The number of aryl methyl sites for hydroxylation is 1. The lowest BCUT2D eigenvalue weighted by atomic mass is 10.2. The van der Waals surface area contributed by atoms with E-state index in [0.29, 0.717) is 0 Å². The minimum Gasteiger partial charge on any atom is -0.357 e. The van der Waals surface area contributed by atoms with Gasteiger partial charge in [0.1, 0.15) is 0 Å². The van der Waals surface area contributed by atoms with Gasteiger partial charge in [-0.15, -0.1) is 11.3 Å². The van der Waals surface area contributed by atoms with E-state index < -0.39 is 0 Å². The Hall–Kier alpha value is -0.870. The van der Waals surface area contributed by atoms with Crippen LogP contribution in [-0.2, 0) is 13.0 Å². The average Bonchev–Trinajstić information content (AvgIpc) is 2.74. The minimum absolute atomic E-state index is 0.816. The molecule has 0 amide bonds. The fourth-order valence-electron chi connectivity index (χ4n) is 1.38. The van der Waals surface area contributed by atoms with Gasteiger partial charge < -0.3 is 5.32 Å². The number of hydrogen-bond acceptors (Lipinski definition) is 3. The zero-order valence-corrected chi connectivity index (χ0v) is 11.4. The molecule has 2 rings (SSSR count). The smallest absolute Gasteiger partial charge is 0.183 e. The van der Waals surface area contributed by atoms with E-state index in [1.165, 1.54) is 10.4 Å². The van der Waals surface area contributed by atoms with Crippen molar-refractivity contribution in [1.82, 2.24) is 4.98 Å². The maximum absolute atomic E-state index is 4.32. The van der Waals surface area contributed by atoms with Gasteiger partial charge >= 0.3 is 0 Å². The Morgan fingerprint density at radius 1 is 1.44 bits per heavy atom. The summed E-state index contributed by atoms with van der Waals surface area (Å²) in [5, 5.41) is 4.33. The molecule has 1 heterocycles. The molecule has 2 nitrogen and oxygen atoms in total. The van der Waals surface area contributed by atoms with Gasteiger partial charge in [0.25, 0.3) is 0 Å². The predicted octanol–water partition coefficient (Wildman–Crippen LogP) is 4.08. The SMILES string of the molecule is CCc1cnc(NCc2cccc(Br)c2)s1. The number of anilines is 1. The van der Waals surface area contributed by atoms with Crippen LogP contribution in [0.4, 0.5) is 5.13 Å². The number of nitrogens with zero attached hydrogens (tertiary/aromatic N) is 1. The van der Waals surface area contributed by atoms with Crippen molar-refractivity contribution in [2.45, 2.75) is 19.9 Å². The first-order valence-corrected chi connectivity index (χ1v) is 6.82. The van der Waals surface area contributed by atoms with Crippen LogP contribution in [0.25, 0.3) is 0 Å². The lowest BCUT2D eigenvalue weighted by Crippen LogP contribution is -1.98. The van der Waals surface area contributed by atoms with E-state index in [1.807, 2.05) is 18.3 Å². The molecule has 84 valence electrons. The van der Waals surface area contributed by atoms with Crippen molar-refractivity contribution in [2.24, 2.45) is 0 Å². The largest absolute Gasteiger partial charge is 0.357 e. The fourth-order valence-corrected chi connectivity index (χ4v) is 2.57. The highest BCUT2D eigenvalue weighted by atomic mass is 79.9. The molecule has 0 aliphatic rings. The third kappa shape index (κ3) is 3.06. The standard InChI is InChI=1S/C12H13BrN2S/c1-2-11-8-15-12(16-11)14-7-9-4-3-5-10(13)6-9/h3-6,8H,2,7H2,1H3,(H,14,15). The second-order valence-electron chi connectivity index (χ2n) is 3.47. The monoisotopic (exact) mass is 296 g/mol. The van der Waals surface area contributed by atoms with Gasteiger partial charge in [0.05, 0.1) is 0 Å². The highest BCUT2D eigenvalue weighted by molar-refractivity contribution is 9.10. The van der Waals surface area contributed by atoms with Crippen LogP contribution in [0.2, 0.25) is 0 Å². The number of halogens is 1. The topological polar surface area (TPSA) is 24.9 Å². The lowest BCUT2D eigenvalue weighted by Gasteiger charge is -2.02. The predicted molar refractivity (Wildman–Crippen MR) is 73.0 cm³/mol. The molecule has 1 aromatic heterocycles. The molecule has 0 saturated carbocycles. The summed E-state index contributed by atoms with van der Waals surface area (Å²) in [6, 6.07) is 8.29. The van der Waals surface area contributed by atoms with Gasteiger partial charge in [-0.05, 0) is 24.1 Å². The van der Waals surface area contributed by atoms with E-state index in [9.17, 15) is 0 Å². The van der Waals surface area contributed by atoms with Crippen LogP contribution in [0.3, 0.4) is 0 Å². The normalized spacial score (nSPS) is 10.4. The van der Waals surface area contributed by atoms with Crippen LogP contribution in [0.1, 0.15) is 17.4 Å². The van der Waals surface area contributed by atoms with E-state index in [0.717, 1.165) is 22.6 Å². The maximum Gasteiger partial charge on any atom is 0.183 e. The average molecular weight is 297 g/mol. The summed E-state index contributed by atoms with van der Waals surface area (Å²) >= 11 is 5.19. The highest BCUT2D eigenvalue weighted by Crippen LogP contribution is 2.19. The summed E-state index contributed by atoms with van der Waals surface area (Å²) in [6.07, 6.45) is 2.99. The first-order chi connectivity index (χ1) is 7.78. The van der Waals surface area contributed by atoms with Crippen LogP contribution in [0.15, 0.2) is 34.9 Å². The Morgan fingerprint density at radius 2 is 2.31 bits per heavy atom. The highest BCUT2D eigenvalue weighted by Gasteiger charge is 2.00. The summed E-state index contributed by atoms with van der Waals surface area (Å²) < 4.78 is 1.11. The molecular weight excluding hydrogens is 284 g/mol. The molecule has 0 aliphatic heterocycles. The second-order valence-corrected chi connectivity index (χ2v) is 5.50. The van der Waals surface area contributed by atoms with E-state index in [4.69, 9.17) is 0 Å². The molecule has 0 spiro atoms. The molecule has 0 fully saturated rings. The number of aromatic nitrogens is 1. The molecule has 1 N–H and O–H groups in total. The van der Waals surface area contributed by atoms with Crippen LogP contribution in [0.5, 0.6) is 0 Å². The molecule has 2 aromatic rings. The van der Waals surface area contributed by atoms with Gasteiger partial charge in [-0.2, -0.15) is 0 Å². The Labute approximate surface area is 108 Å². The van der Waals surface area contributed by atoms with Gasteiger partial charge in [0.2, 0.25) is 0 Å². The Kier molecular flexibility index (Phi) is 3.96. The fraction of sp³-hybridized carbons (Fsp3) is 0.250. The number of nitrogens with one attached hydrogen (secondary N) is 1. The molecule has 1 aromatic carbocycles. The second kappa shape index (κ2) is 5.46. The van der Waals surface area contributed by atoms with Crippen molar-refractivity contribution in [1.29, 1.82) is 0 Å². The summed E-state index contributed by atoms with van der Waals surface area (Å²) in [6.45, 7) is 2.96. The quantitative estimate of drug-likeness (QED) is 0.919. The van der Waals surface area contributed by atoms with Crippen molar-refractivity contribution in [3.63, 3.8) is 0 Å². The minimum atomic E-state index is 0.816. The van der Waals surface area contributed by atoms with Crippen molar-refractivity contribution in [3.8, 4) is 0 Å². The molecule has 16 heavy (non-hydrogen) atoms. The zero-order valence-electron chi connectivity index (χ0n) is 9.03. The molecule has 0 radical (unpaired) electrons. The van der Waals surface area contributed by atoms with Crippen LogP contribution in [-0.4, -0.2) is 4.98 Å². The third-order valence-electron chi connectivity index (χ3n) is 2.23. The number of benzene rings is 1. The Balaban J connectivity index is 1.96. The van der Waals surface area contributed by atoms with Crippen molar-refractivity contribution < 1.29 is 0 Å². The zero-order chi connectivity index (χ0) is 11.4. The molecule has 0 saturated heterocycles.